The van der Waals surface area contributed by atoms with Crippen molar-refractivity contribution in [1.82, 2.24) is 14.5 Å². The minimum Gasteiger partial charge on any atom is -0.340 e. The first-order valence-electron chi connectivity index (χ1n) is 7.39. The molecule has 1 fully saturated rings. The fourth-order valence-electron chi connectivity index (χ4n) is 2.88. The van der Waals surface area contributed by atoms with Crippen LogP contribution in [0.15, 0.2) is 22.6 Å². The van der Waals surface area contributed by atoms with Gasteiger partial charge in [0.25, 0.3) is 5.56 Å². The molecule has 1 aliphatic heterocycles. The van der Waals surface area contributed by atoms with Crippen molar-refractivity contribution >= 4 is 27.5 Å². The van der Waals surface area contributed by atoms with E-state index >= 15 is 0 Å². The molecule has 2 aromatic rings. The Morgan fingerprint density at radius 2 is 2.33 bits per heavy atom. The number of amides is 1. The first-order chi connectivity index (χ1) is 10.2. The number of rotatable bonds is 3. The van der Waals surface area contributed by atoms with Crippen molar-refractivity contribution in [1.29, 1.82) is 0 Å². The lowest BCUT2D eigenvalue weighted by atomic mass is 10.0. The number of carbonyl (C=O) groups excluding carboxylic acids is 1. The third kappa shape index (κ3) is 2.85. The number of nitrogens with zero attached hydrogens (tertiary/aromatic N) is 3. The number of fused-ring (bicyclic) bond motifs is 1. The van der Waals surface area contributed by atoms with Crippen LogP contribution in [0.2, 0.25) is 0 Å². The van der Waals surface area contributed by atoms with Gasteiger partial charge in [-0.05, 0) is 37.6 Å². The Labute approximate surface area is 127 Å². The highest BCUT2D eigenvalue weighted by atomic mass is 32.1. The Morgan fingerprint density at radius 1 is 1.48 bits per heavy atom. The van der Waals surface area contributed by atoms with Gasteiger partial charge in [-0.1, -0.05) is 0 Å². The van der Waals surface area contributed by atoms with Crippen LogP contribution in [0.3, 0.4) is 0 Å². The second kappa shape index (κ2) is 5.97. The summed E-state index contributed by atoms with van der Waals surface area (Å²) in [6.07, 6.45) is 5.27. The maximum atomic E-state index is 12.3. The van der Waals surface area contributed by atoms with Crippen LogP contribution in [-0.4, -0.2) is 32.9 Å². The molecular formula is C15H19N3O2S. The predicted octanol–water partition coefficient (Wildman–Crippen LogP) is 2.25. The van der Waals surface area contributed by atoms with E-state index in [0.29, 0.717) is 24.4 Å². The topological polar surface area (TPSA) is 55.2 Å². The van der Waals surface area contributed by atoms with Crippen molar-refractivity contribution in [3.8, 4) is 0 Å². The van der Waals surface area contributed by atoms with Crippen LogP contribution in [0.5, 0.6) is 0 Å². The molecule has 0 bridgehead atoms. The van der Waals surface area contributed by atoms with Crippen molar-refractivity contribution < 1.29 is 4.79 Å². The third-order valence-electron chi connectivity index (χ3n) is 4.14. The molecule has 1 amide bonds. The highest BCUT2D eigenvalue weighted by Gasteiger charge is 2.22. The smallest absolute Gasteiger partial charge is 0.262 e. The van der Waals surface area contributed by atoms with E-state index in [0.717, 1.165) is 24.2 Å². The van der Waals surface area contributed by atoms with Gasteiger partial charge in [-0.15, -0.1) is 11.3 Å². The largest absolute Gasteiger partial charge is 0.340 e. The second-order valence-corrected chi connectivity index (χ2v) is 6.46. The zero-order valence-corrected chi connectivity index (χ0v) is 12.9. The summed E-state index contributed by atoms with van der Waals surface area (Å²) in [5.41, 5.74) is -0.0549. The lowest BCUT2D eigenvalue weighted by Gasteiger charge is -2.33. The molecule has 1 saturated heterocycles. The Hall–Kier alpha value is -1.69. The number of aryl methyl sites for hydroxylation is 1. The first kappa shape index (κ1) is 14.3. The van der Waals surface area contributed by atoms with Crippen LogP contribution in [0.4, 0.5) is 0 Å². The molecule has 112 valence electrons. The molecule has 0 spiro atoms. The van der Waals surface area contributed by atoms with E-state index in [1.165, 1.54) is 17.8 Å². The maximum absolute atomic E-state index is 12.3. The fourth-order valence-corrected chi connectivity index (χ4v) is 3.60. The maximum Gasteiger partial charge on any atom is 0.262 e. The molecule has 0 N–H and O–H groups in total. The molecule has 5 nitrogen and oxygen atoms in total. The number of piperidine rings is 1. The average Bonchev–Trinajstić information content (AvgIpc) is 2.96. The van der Waals surface area contributed by atoms with E-state index in [9.17, 15) is 9.59 Å². The Morgan fingerprint density at radius 3 is 3.14 bits per heavy atom. The molecule has 3 rings (SSSR count). The van der Waals surface area contributed by atoms with Crippen LogP contribution in [0.25, 0.3) is 10.2 Å². The van der Waals surface area contributed by atoms with E-state index in [-0.39, 0.29) is 11.5 Å². The number of carbonyl (C=O) groups is 1. The summed E-state index contributed by atoms with van der Waals surface area (Å²) in [6.45, 7) is 3.35. The minimum absolute atomic E-state index is 0.0549. The van der Waals surface area contributed by atoms with Crippen molar-refractivity contribution in [2.45, 2.75) is 45.2 Å². The van der Waals surface area contributed by atoms with Gasteiger partial charge in [-0.3, -0.25) is 14.2 Å². The number of aromatic nitrogens is 2. The molecule has 0 saturated carbocycles. The van der Waals surface area contributed by atoms with Crippen LogP contribution in [0.1, 0.15) is 32.6 Å². The van der Waals surface area contributed by atoms with Crippen LogP contribution in [0, 0.1) is 0 Å². The summed E-state index contributed by atoms with van der Waals surface area (Å²) >= 11 is 1.46. The zero-order valence-electron chi connectivity index (χ0n) is 12.1. The highest BCUT2D eigenvalue weighted by Crippen LogP contribution is 2.17. The fraction of sp³-hybridized carbons (Fsp3) is 0.533. The molecule has 3 heterocycles. The molecule has 21 heavy (non-hydrogen) atoms. The van der Waals surface area contributed by atoms with Gasteiger partial charge in [0.2, 0.25) is 5.91 Å². The van der Waals surface area contributed by atoms with Crippen molar-refractivity contribution in [2.75, 3.05) is 6.54 Å². The monoisotopic (exact) mass is 305 g/mol. The standard InChI is InChI=1S/C15H19N3O2S/c1-11-4-2-3-7-18(11)13(19)5-8-17-10-16-14-12(15(17)20)6-9-21-14/h6,9-11H,2-5,7-8H2,1H3/t11-/m0/s1. The van der Waals surface area contributed by atoms with E-state index in [4.69, 9.17) is 0 Å². The SMILES string of the molecule is C[C@H]1CCCCN1C(=O)CCn1cnc2sccc2c1=O. The number of hydrogen-bond donors (Lipinski definition) is 0. The molecule has 1 aliphatic rings. The summed E-state index contributed by atoms with van der Waals surface area (Å²) in [7, 11) is 0. The van der Waals surface area contributed by atoms with Crippen LogP contribution in [-0.2, 0) is 11.3 Å². The molecule has 1 atom stereocenters. The Bertz CT molecular complexity index is 706. The van der Waals surface area contributed by atoms with Gasteiger partial charge < -0.3 is 4.90 Å². The molecule has 0 aromatic carbocycles. The Balaban J connectivity index is 1.70. The van der Waals surface area contributed by atoms with Crippen LogP contribution >= 0.6 is 11.3 Å². The van der Waals surface area contributed by atoms with E-state index in [1.54, 1.807) is 17.0 Å². The van der Waals surface area contributed by atoms with Gasteiger partial charge in [0.1, 0.15) is 4.83 Å². The van der Waals surface area contributed by atoms with Gasteiger partial charge >= 0.3 is 0 Å². The number of hydrogen-bond acceptors (Lipinski definition) is 4. The van der Waals surface area contributed by atoms with Gasteiger partial charge in [0, 0.05) is 25.6 Å². The summed E-state index contributed by atoms with van der Waals surface area (Å²) in [5, 5.41) is 2.51. The lowest BCUT2D eigenvalue weighted by molar-refractivity contribution is -0.134. The first-order valence-corrected chi connectivity index (χ1v) is 8.27. The van der Waals surface area contributed by atoms with E-state index in [1.807, 2.05) is 10.3 Å². The van der Waals surface area contributed by atoms with Gasteiger partial charge in [0.05, 0.1) is 11.7 Å². The molecule has 2 aromatic heterocycles. The van der Waals surface area contributed by atoms with E-state index < -0.39 is 0 Å². The molecule has 0 aliphatic carbocycles. The summed E-state index contributed by atoms with van der Waals surface area (Å²) in [6, 6.07) is 2.11. The normalized spacial score (nSPS) is 19.1. The van der Waals surface area contributed by atoms with Gasteiger partial charge in [-0.2, -0.15) is 0 Å². The summed E-state index contributed by atoms with van der Waals surface area (Å²) in [5.74, 6) is 0.138. The quantitative estimate of drug-likeness (QED) is 0.874. The summed E-state index contributed by atoms with van der Waals surface area (Å²) < 4.78 is 1.54. The van der Waals surface area contributed by atoms with Crippen molar-refractivity contribution in [2.24, 2.45) is 0 Å². The van der Waals surface area contributed by atoms with Gasteiger partial charge in [-0.25, -0.2) is 4.98 Å². The second-order valence-electron chi connectivity index (χ2n) is 5.56. The average molecular weight is 305 g/mol. The van der Waals surface area contributed by atoms with Crippen LogP contribution < -0.4 is 5.56 Å². The molecule has 6 heteroatoms. The molecule has 0 radical (unpaired) electrons. The minimum atomic E-state index is -0.0549. The Kier molecular flexibility index (Phi) is 4.05. The van der Waals surface area contributed by atoms with E-state index in [2.05, 4.69) is 11.9 Å². The third-order valence-corrected chi connectivity index (χ3v) is 4.96. The van der Waals surface area contributed by atoms with Crippen molar-refractivity contribution in [3.05, 3.63) is 28.1 Å². The number of likely N-dealkylation sites (tertiary alicyclic amines) is 1. The summed E-state index contributed by atoms with van der Waals surface area (Å²) in [4.78, 5) is 31.5. The zero-order chi connectivity index (χ0) is 14.8. The molecular weight excluding hydrogens is 286 g/mol. The van der Waals surface area contributed by atoms with Crippen molar-refractivity contribution in [3.63, 3.8) is 0 Å². The lowest BCUT2D eigenvalue weighted by Crippen LogP contribution is -2.42. The highest BCUT2D eigenvalue weighted by molar-refractivity contribution is 7.16. The number of thiophene rings is 1. The van der Waals surface area contributed by atoms with Gasteiger partial charge in [0.15, 0.2) is 0 Å². The predicted molar refractivity (Wildman–Crippen MR) is 83.5 cm³/mol. The molecule has 0 unspecified atom stereocenters.